The van der Waals surface area contributed by atoms with Gasteiger partial charge in [-0.15, -0.1) is 0 Å². The van der Waals surface area contributed by atoms with Crippen LogP contribution < -0.4 is 10.6 Å². The van der Waals surface area contributed by atoms with Gasteiger partial charge in [0.25, 0.3) is 0 Å². The number of piperidine rings is 1. The molecule has 2 fully saturated rings. The molecule has 182 valence electrons. The number of carbonyl (C=O) groups excluding carboxylic acids is 2. The number of carbonyl (C=O) groups is 2. The van der Waals surface area contributed by atoms with E-state index in [0.717, 1.165) is 37.9 Å². The van der Waals surface area contributed by atoms with E-state index >= 15 is 0 Å². The highest BCUT2D eigenvalue weighted by Gasteiger charge is 2.31. The van der Waals surface area contributed by atoms with Gasteiger partial charge in [0, 0.05) is 45.7 Å². The predicted molar refractivity (Wildman–Crippen MR) is 136 cm³/mol. The van der Waals surface area contributed by atoms with E-state index in [0.29, 0.717) is 48.6 Å². The Kier molecular flexibility index (Phi) is 8.70. The molecular formula is C26H32Cl2N4O2. The van der Waals surface area contributed by atoms with Crippen LogP contribution in [0.5, 0.6) is 0 Å². The van der Waals surface area contributed by atoms with Crippen molar-refractivity contribution in [3.63, 3.8) is 0 Å². The Morgan fingerprint density at radius 3 is 2.47 bits per heavy atom. The van der Waals surface area contributed by atoms with Crippen molar-refractivity contribution in [3.05, 3.63) is 69.7 Å². The second kappa shape index (κ2) is 11.9. The van der Waals surface area contributed by atoms with Gasteiger partial charge in [-0.05, 0) is 48.4 Å². The van der Waals surface area contributed by atoms with Crippen molar-refractivity contribution in [2.45, 2.75) is 31.7 Å². The van der Waals surface area contributed by atoms with Crippen LogP contribution in [-0.2, 0) is 17.6 Å². The third-order valence-electron chi connectivity index (χ3n) is 6.62. The molecule has 34 heavy (non-hydrogen) atoms. The lowest BCUT2D eigenvalue weighted by atomic mass is 9.90. The largest absolute Gasteiger partial charge is 0.341 e. The number of halogens is 2. The lowest BCUT2D eigenvalue weighted by molar-refractivity contribution is -0.135. The van der Waals surface area contributed by atoms with Gasteiger partial charge < -0.3 is 20.4 Å². The van der Waals surface area contributed by atoms with Crippen LogP contribution in [-0.4, -0.2) is 67.0 Å². The first-order valence-electron chi connectivity index (χ1n) is 12.0. The number of nitrogens with zero attached hydrogens (tertiary/aromatic N) is 2. The second-order valence-corrected chi connectivity index (χ2v) is 9.99. The molecular weight excluding hydrogens is 471 g/mol. The van der Waals surface area contributed by atoms with E-state index in [4.69, 9.17) is 23.2 Å². The second-order valence-electron chi connectivity index (χ2n) is 9.17. The van der Waals surface area contributed by atoms with Crippen LogP contribution in [0.1, 0.15) is 24.0 Å². The fourth-order valence-corrected chi connectivity index (χ4v) is 5.13. The number of benzene rings is 2. The molecule has 0 saturated carbocycles. The number of hydrogen-bond donors (Lipinski definition) is 2. The van der Waals surface area contributed by atoms with Crippen LogP contribution in [0.4, 0.5) is 4.79 Å². The Morgan fingerprint density at radius 2 is 1.74 bits per heavy atom. The Hall–Kier alpha value is -2.28. The maximum absolute atomic E-state index is 13.7. The van der Waals surface area contributed by atoms with Gasteiger partial charge in [0.05, 0.1) is 10.0 Å². The zero-order valence-corrected chi connectivity index (χ0v) is 20.8. The number of nitrogens with one attached hydrogen (secondary N) is 2. The first-order chi connectivity index (χ1) is 16.5. The molecule has 2 heterocycles. The zero-order valence-electron chi connectivity index (χ0n) is 19.3. The van der Waals surface area contributed by atoms with Gasteiger partial charge in [-0.1, -0.05) is 59.6 Å². The molecule has 2 saturated heterocycles. The van der Waals surface area contributed by atoms with Gasteiger partial charge in [0.2, 0.25) is 5.91 Å². The van der Waals surface area contributed by atoms with Crippen LogP contribution in [0.25, 0.3) is 0 Å². The summed E-state index contributed by atoms with van der Waals surface area (Å²) in [6.07, 6.45) is 3.39. The Balaban J connectivity index is 1.47. The number of hydrogen-bond acceptors (Lipinski definition) is 3. The molecule has 2 aromatic carbocycles. The number of amides is 3. The summed E-state index contributed by atoms with van der Waals surface area (Å²) >= 11 is 12.3. The van der Waals surface area contributed by atoms with Gasteiger partial charge in [0.1, 0.15) is 6.04 Å². The lowest BCUT2D eigenvalue weighted by Crippen LogP contribution is -2.57. The Morgan fingerprint density at radius 1 is 0.971 bits per heavy atom. The molecule has 2 aromatic rings. The molecule has 0 radical (unpaired) electrons. The highest BCUT2D eigenvalue weighted by atomic mass is 35.5. The fraction of sp³-hybridized carbons (Fsp3) is 0.462. The van der Waals surface area contributed by atoms with E-state index in [-0.39, 0.29) is 11.9 Å². The molecule has 3 amide bonds. The van der Waals surface area contributed by atoms with Crippen LogP contribution in [0.15, 0.2) is 48.5 Å². The molecule has 0 aliphatic carbocycles. The first kappa shape index (κ1) is 24.8. The molecule has 0 aromatic heterocycles. The van der Waals surface area contributed by atoms with Gasteiger partial charge in [-0.2, -0.15) is 0 Å². The average molecular weight is 503 g/mol. The van der Waals surface area contributed by atoms with Gasteiger partial charge in [0.15, 0.2) is 0 Å². The third-order valence-corrected chi connectivity index (χ3v) is 7.36. The van der Waals surface area contributed by atoms with E-state index in [2.05, 4.69) is 34.9 Å². The minimum atomic E-state index is -0.657. The lowest BCUT2D eigenvalue weighted by Gasteiger charge is -2.36. The molecule has 6 nitrogen and oxygen atoms in total. The topological polar surface area (TPSA) is 64.7 Å². The molecule has 4 rings (SSSR count). The minimum absolute atomic E-state index is 0.0349. The van der Waals surface area contributed by atoms with Crippen LogP contribution in [0.3, 0.4) is 0 Å². The van der Waals surface area contributed by atoms with Crippen molar-refractivity contribution in [2.24, 2.45) is 5.92 Å². The quantitative estimate of drug-likeness (QED) is 0.627. The molecule has 8 heteroatoms. The van der Waals surface area contributed by atoms with E-state index < -0.39 is 6.04 Å². The van der Waals surface area contributed by atoms with Crippen LogP contribution in [0, 0.1) is 5.92 Å². The third kappa shape index (κ3) is 6.65. The normalized spacial score (nSPS) is 19.5. The van der Waals surface area contributed by atoms with E-state index in [1.807, 2.05) is 17.0 Å². The summed E-state index contributed by atoms with van der Waals surface area (Å²) < 4.78 is 0. The number of urea groups is 1. The summed E-state index contributed by atoms with van der Waals surface area (Å²) in [6, 6.07) is 14.9. The summed E-state index contributed by atoms with van der Waals surface area (Å²) in [4.78, 5) is 30.4. The fourth-order valence-electron chi connectivity index (χ4n) is 4.81. The van der Waals surface area contributed by atoms with Crippen molar-refractivity contribution >= 4 is 35.1 Å². The van der Waals surface area contributed by atoms with Crippen molar-refractivity contribution in [2.75, 3.05) is 39.3 Å². The summed E-state index contributed by atoms with van der Waals surface area (Å²) in [5, 5.41) is 7.19. The van der Waals surface area contributed by atoms with Crippen LogP contribution >= 0.6 is 23.2 Å². The molecule has 0 unspecified atom stereocenters. The maximum Gasteiger partial charge on any atom is 0.318 e. The van der Waals surface area contributed by atoms with Gasteiger partial charge in [-0.3, -0.25) is 4.79 Å². The van der Waals surface area contributed by atoms with E-state index in [1.165, 1.54) is 5.56 Å². The van der Waals surface area contributed by atoms with Crippen LogP contribution in [0.2, 0.25) is 10.0 Å². The molecule has 0 spiro atoms. The number of rotatable bonds is 6. The molecule has 2 aliphatic heterocycles. The van der Waals surface area contributed by atoms with Gasteiger partial charge >= 0.3 is 6.03 Å². The smallest absolute Gasteiger partial charge is 0.318 e. The SMILES string of the molecule is O=C(N[C@H](Cc1ccc(Cl)c(Cl)c1)C(=O)N1CCC[C@H](Cc2ccccc2)C1)N1CCNCC1. The average Bonchev–Trinajstić information content (AvgIpc) is 2.86. The highest BCUT2D eigenvalue weighted by molar-refractivity contribution is 6.42. The summed E-state index contributed by atoms with van der Waals surface area (Å²) in [5.41, 5.74) is 2.16. The molecule has 2 aliphatic rings. The van der Waals surface area contributed by atoms with Crippen molar-refractivity contribution in [3.8, 4) is 0 Å². The van der Waals surface area contributed by atoms with Gasteiger partial charge in [-0.25, -0.2) is 4.79 Å². The predicted octanol–water partition coefficient (Wildman–Crippen LogP) is 4.00. The monoisotopic (exact) mass is 502 g/mol. The summed E-state index contributed by atoms with van der Waals surface area (Å²) in [7, 11) is 0. The van der Waals surface area contributed by atoms with E-state index in [9.17, 15) is 9.59 Å². The molecule has 2 atom stereocenters. The Labute approximate surface area is 211 Å². The summed E-state index contributed by atoms with van der Waals surface area (Å²) in [6.45, 7) is 4.18. The summed E-state index contributed by atoms with van der Waals surface area (Å²) in [5.74, 6) is 0.377. The van der Waals surface area contributed by atoms with Crippen molar-refractivity contribution < 1.29 is 9.59 Å². The van der Waals surface area contributed by atoms with Crippen molar-refractivity contribution in [1.82, 2.24) is 20.4 Å². The molecule has 0 bridgehead atoms. The van der Waals surface area contributed by atoms with Crippen molar-refractivity contribution in [1.29, 1.82) is 0 Å². The highest BCUT2D eigenvalue weighted by Crippen LogP contribution is 2.25. The minimum Gasteiger partial charge on any atom is -0.341 e. The van der Waals surface area contributed by atoms with E-state index in [1.54, 1.807) is 17.0 Å². The zero-order chi connectivity index (χ0) is 23.9. The molecule has 2 N–H and O–H groups in total. The number of likely N-dealkylation sites (tertiary alicyclic amines) is 1. The Bertz CT molecular complexity index is 982. The standard InChI is InChI=1S/C26H32Cl2N4O2/c27-22-9-8-20(16-23(22)28)17-24(30-26(34)31-13-10-29-11-14-31)25(33)32-12-4-7-21(18-32)15-19-5-2-1-3-6-19/h1-3,5-6,8-9,16,21,24,29H,4,7,10-15,17-18H2,(H,30,34)/t21-,24-/m1/s1. The maximum atomic E-state index is 13.7. The number of piperazine rings is 1. The first-order valence-corrected chi connectivity index (χ1v) is 12.8.